The van der Waals surface area contributed by atoms with Gasteiger partial charge in [-0.05, 0) is 36.3 Å². The first-order chi connectivity index (χ1) is 8.70. The fourth-order valence-electron chi connectivity index (χ4n) is 1.19. The van der Waals surface area contributed by atoms with Crippen LogP contribution in [0.2, 0.25) is 0 Å². The van der Waals surface area contributed by atoms with Gasteiger partial charge in [0.15, 0.2) is 4.34 Å². The van der Waals surface area contributed by atoms with E-state index in [0.29, 0.717) is 22.9 Å². The molecular weight excluding hydrogens is 272 g/mol. The molecule has 0 unspecified atom stereocenters. The van der Waals surface area contributed by atoms with Crippen LogP contribution in [0.1, 0.15) is 17.3 Å². The molecule has 0 saturated heterocycles. The van der Waals surface area contributed by atoms with Crippen LogP contribution in [-0.2, 0) is 4.74 Å². The summed E-state index contributed by atoms with van der Waals surface area (Å²) in [7, 11) is 0. The monoisotopic (exact) mass is 282 g/mol. The first-order valence-electron chi connectivity index (χ1n) is 5.08. The van der Waals surface area contributed by atoms with Crippen LogP contribution in [0.15, 0.2) is 28.0 Å². The summed E-state index contributed by atoms with van der Waals surface area (Å²) < 4.78 is 9.56. The van der Waals surface area contributed by atoms with Crippen molar-refractivity contribution < 1.29 is 9.53 Å². The van der Waals surface area contributed by atoms with Gasteiger partial charge in [0.25, 0.3) is 0 Å². The number of hydrogen-bond acceptors (Lipinski definition) is 8. The number of aromatic nitrogens is 3. The van der Waals surface area contributed by atoms with Gasteiger partial charge in [0.2, 0.25) is 0 Å². The molecule has 94 valence electrons. The molecule has 0 aromatic carbocycles. The highest BCUT2D eigenvalue weighted by Crippen LogP contribution is 2.28. The van der Waals surface area contributed by atoms with Gasteiger partial charge in [0, 0.05) is 0 Å². The molecule has 0 saturated carbocycles. The summed E-state index contributed by atoms with van der Waals surface area (Å²) >= 11 is 2.58. The summed E-state index contributed by atoms with van der Waals surface area (Å²) in [6, 6.07) is 1.60. The maximum atomic E-state index is 11.7. The van der Waals surface area contributed by atoms with E-state index in [1.807, 2.05) is 0 Å². The highest BCUT2D eigenvalue weighted by atomic mass is 32.2. The van der Waals surface area contributed by atoms with E-state index in [-0.39, 0.29) is 0 Å². The minimum atomic E-state index is -0.448. The maximum absolute atomic E-state index is 11.7. The van der Waals surface area contributed by atoms with Crippen molar-refractivity contribution in [1.82, 2.24) is 14.3 Å². The summed E-state index contributed by atoms with van der Waals surface area (Å²) in [4.78, 5) is 19.8. The quantitative estimate of drug-likeness (QED) is 0.855. The molecule has 2 aromatic rings. The Hall–Kier alpha value is -1.67. The first-order valence-corrected chi connectivity index (χ1v) is 6.67. The van der Waals surface area contributed by atoms with Gasteiger partial charge in [0.05, 0.1) is 24.1 Å². The van der Waals surface area contributed by atoms with Crippen LogP contribution < -0.4 is 5.73 Å². The second kappa shape index (κ2) is 5.78. The SMILES string of the molecule is CCOC(=O)c1cc(Sc2ncns2)ncc1N. The van der Waals surface area contributed by atoms with Crippen molar-refractivity contribution in [2.75, 3.05) is 12.3 Å². The Morgan fingerprint density at radius 1 is 1.56 bits per heavy atom. The van der Waals surface area contributed by atoms with E-state index in [1.165, 1.54) is 35.8 Å². The number of ether oxygens (including phenoxy) is 1. The number of carbonyl (C=O) groups is 1. The number of pyridine rings is 1. The largest absolute Gasteiger partial charge is 0.462 e. The minimum Gasteiger partial charge on any atom is -0.462 e. The topological polar surface area (TPSA) is 91.0 Å². The van der Waals surface area contributed by atoms with Crippen molar-refractivity contribution >= 4 is 35.0 Å². The Bertz CT molecular complexity index is 545. The predicted octanol–water partition coefficient (Wildman–Crippen LogP) is 1.84. The average molecular weight is 282 g/mol. The van der Waals surface area contributed by atoms with Gasteiger partial charge >= 0.3 is 5.97 Å². The number of carbonyl (C=O) groups excluding carboxylic acids is 1. The van der Waals surface area contributed by atoms with E-state index in [1.54, 1.807) is 13.0 Å². The summed E-state index contributed by atoms with van der Waals surface area (Å²) in [6.07, 6.45) is 2.91. The van der Waals surface area contributed by atoms with Crippen molar-refractivity contribution in [1.29, 1.82) is 0 Å². The zero-order chi connectivity index (χ0) is 13.0. The lowest BCUT2D eigenvalue weighted by atomic mass is 10.2. The van der Waals surface area contributed by atoms with E-state index in [9.17, 15) is 4.79 Å². The van der Waals surface area contributed by atoms with E-state index in [0.717, 1.165) is 4.34 Å². The fraction of sp³-hybridized carbons (Fsp3) is 0.200. The van der Waals surface area contributed by atoms with Crippen molar-refractivity contribution in [3.63, 3.8) is 0 Å². The Balaban J connectivity index is 2.23. The Labute approximate surface area is 112 Å². The maximum Gasteiger partial charge on any atom is 0.340 e. The molecule has 0 aliphatic carbocycles. The highest BCUT2D eigenvalue weighted by molar-refractivity contribution is 8.00. The summed E-state index contributed by atoms with van der Waals surface area (Å²) in [5.74, 6) is -0.448. The van der Waals surface area contributed by atoms with Gasteiger partial charge in [-0.25, -0.2) is 14.8 Å². The summed E-state index contributed by atoms with van der Waals surface area (Å²) in [6.45, 7) is 2.05. The number of nitrogen functional groups attached to an aromatic ring is 1. The van der Waals surface area contributed by atoms with Crippen LogP contribution in [0.4, 0.5) is 5.69 Å². The Kier molecular flexibility index (Phi) is 4.11. The van der Waals surface area contributed by atoms with Crippen molar-refractivity contribution in [3.05, 3.63) is 24.2 Å². The summed E-state index contributed by atoms with van der Waals surface area (Å²) in [5.41, 5.74) is 6.32. The molecule has 0 aliphatic heterocycles. The zero-order valence-corrected chi connectivity index (χ0v) is 11.1. The predicted molar refractivity (Wildman–Crippen MR) is 68.6 cm³/mol. The van der Waals surface area contributed by atoms with Crippen LogP contribution in [-0.4, -0.2) is 26.9 Å². The van der Waals surface area contributed by atoms with Crippen LogP contribution in [0.5, 0.6) is 0 Å². The number of nitrogens with zero attached hydrogens (tertiary/aromatic N) is 3. The molecule has 0 amide bonds. The van der Waals surface area contributed by atoms with Crippen LogP contribution >= 0.6 is 23.3 Å². The number of nitrogens with two attached hydrogens (primary N) is 1. The molecular formula is C10H10N4O2S2. The minimum absolute atomic E-state index is 0.301. The lowest BCUT2D eigenvalue weighted by Crippen LogP contribution is -2.08. The molecule has 18 heavy (non-hydrogen) atoms. The third-order valence-electron chi connectivity index (χ3n) is 1.94. The number of rotatable bonds is 4. The van der Waals surface area contributed by atoms with Gasteiger partial charge in [0.1, 0.15) is 11.4 Å². The summed E-state index contributed by atoms with van der Waals surface area (Å²) in [5, 5.41) is 0.629. The molecule has 0 fully saturated rings. The molecule has 0 bridgehead atoms. The van der Waals surface area contributed by atoms with Crippen LogP contribution in [0.3, 0.4) is 0 Å². The molecule has 8 heteroatoms. The van der Waals surface area contributed by atoms with Gasteiger partial charge in [-0.2, -0.15) is 4.37 Å². The van der Waals surface area contributed by atoms with E-state index < -0.39 is 5.97 Å². The second-order valence-electron chi connectivity index (χ2n) is 3.14. The molecule has 0 aliphatic rings. The van der Waals surface area contributed by atoms with E-state index >= 15 is 0 Å². The van der Waals surface area contributed by atoms with Crippen molar-refractivity contribution in [2.24, 2.45) is 0 Å². The van der Waals surface area contributed by atoms with Crippen molar-refractivity contribution in [3.8, 4) is 0 Å². The first kappa shape index (κ1) is 12.8. The number of anilines is 1. The molecule has 0 radical (unpaired) electrons. The van der Waals surface area contributed by atoms with Gasteiger partial charge in [-0.3, -0.25) is 0 Å². The number of hydrogen-bond donors (Lipinski definition) is 1. The standard InChI is InChI=1S/C10H10N4O2S2/c1-2-16-9(15)6-3-8(12-4-7(6)11)17-10-13-5-14-18-10/h3-5H,2,11H2,1H3. The van der Waals surface area contributed by atoms with Crippen molar-refractivity contribution in [2.45, 2.75) is 16.3 Å². The zero-order valence-electron chi connectivity index (χ0n) is 9.49. The highest BCUT2D eigenvalue weighted by Gasteiger charge is 2.13. The second-order valence-corrected chi connectivity index (χ2v) is 5.19. The molecule has 6 nitrogen and oxygen atoms in total. The van der Waals surface area contributed by atoms with E-state index in [2.05, 4.69) is 14.3 Å². The van der Waals surface area contributed by atoms with E-state index in [4.69, 9.17) is 10.5 Å². The molecule has 2 N–H and O–H groups in total. The Morgan fingerprint density at radius 2 is 2.39 bits per heavy atom. The smallest absolute Gasteiger partial charge is 0.340 e. The molecule has 2 heterocycles. The molecule has 0 atom stereocenters. The van der Waals surface area contributed by atoms with Gasteiger partial charge in [-0.15, -0.1) is 0 Å². The third-order valence-corrected chi connectivity index (χ3v) is 3.59. The van der Waals surface area contributed by atoms with Gasteiger partial charge < -0.3 is 10.5 Å². The third kappa shape index (κ3) is 2.96. The van der Waals surface area contributed by atoms with Crippen LogP contribution in [0.25, 0.3) is 0 Å². The molecule has 2 rings (SSSR count). The van der Waals surface area contributed by atoms with Crippen LogP contribution in [0, 0.1) is 0 Å². The molecule has 0 spiro atoms. The van der Waals surface area contributed by atoms with Gasteiger partial charge in [-0.1, -0.05) is 0 Å². The fourth-order valence-corrected chi connectivity index (χ4v) is 2.56. The number of esters is 1. The molecule has 2 aromatic heterocycles. The lowest BCUT2D eigenvalue weighted by Gasteiger charge is -2.06. The lowest BCUT2D eigenvalue weighted by molar-refractivity contribution is 0.0527. The normalized spacial score (nSPS) is 10.3. The Morgan fingerprint density at radius 3 is 3.06 bits per heavy atom. The average Bonchev–Trinajstić information content (AvgIpc) is 2.84.